The molecule has 2 aliphatic rings. The fourth-order valence-corrected chi connectivity index (χ4v) is 2.42. The van der Waals surface area contributed by atoms with Crippen LogP contribution < -0.4 is 0 Å². The Labute approximate surface area is 99.0 Å². The summed E-state index contributed by atoms with van der Waals surface area (Å²) < 4.78 is 17.4. The quantitative estimate of drug-likeness (QED) is 0.692. The van der Waals surface area contributed by atoms with Crippen LogP contribution in [0.25, 0.3) is 0 Å². The molecule has 1 aliphatic carbocycles. The van der Waals surface area contributed by atoms with E-state index < -0.39 is 0 Å². The van der Waals surface area contributed by atoms with Crippen molar-refractivity contribution in [3.8, 4) is 0 Å². The molecule has 92 valence electrons. The molecule has 0 N–H and O–H groups in total. The van der Waals surface area contributed by atoms with E-state index in [9.17, 15) is 0 Å². The summed E-state index contributed by atoms with van der Waals surface area (Å²) in [5.41, 5.74) is -0.182. The standard InChI is InChI=1S/C12H23BO3/c1-10(2)11(3,4)16-13(15-10)9-7-12(9,5)8-14-6/h9H,7-8H2,1-6H3/t9-,12-/m0/s1. The fourth-order valence-electron chi connectivity index (χ4n) is 2.42. The molecule has 0 aromatic rings. The third-order valence-corrected chi connectivity index (χ3v) is 4.50. The van der Waals surface area contributed by atoms with Gasteiger partial charge in [0.15, 0.2) is 0 Å². The van der Waals surface area contributed by atoms with E-state index in [0.717, 1.165) is 13.0 Å². The number of ether oxygens (including phenoxy) is 1. The summed E-state index contributed by atoms with van der Waals surface area (Å²) in [6.07, 6.45) is 1.14. The summed E-state index contributed by atoms with van der Waals surface area (Å²) in [7, 11) is 1.69. The number of methoxy groups -OCH3 is 1. The van der Waals surface area contributed by atoms with Gasteiger partial charge < -0.3 is 14.0 Å². The van der Waals surface area contributed by atoms with Gasteiger partial charge in [-0.2, -0.15) is 0 Å². The maximum atomic E-state index is 6.05. The van der Waals surface area contributed by atoms with E-state index >= 15 is 0 Å². The molecule has 0 unspecified atom stereocenters. The fraction of sp³-hybridized carbons (Fsp3) is 1.00. The predicted molar refractivity (Wildman–Crippen MR) is 64.4 cm³/mol. The molecule has 2 fully saturated rings. The zero-order valence-corrected chi connectivity index (χ0v) is 11.3. The maximum absolute atomic E-state index is 6.05. The molecule has 0 aromatic carbocycles. The minimum Gasteiger partial charge on any atom is -0.403 e. The largest absolute Gasteiger partial charge is 0.461 e. The van der Waals surface area contributed by atoms with Gasteiger partial charge in [-0.3, -0.25) is 0 Å². The highest BCUT2D eigenvalue weighted by Gasteiger charge is 2.64. The van der Waals surface area contributed by atoms with E-state index in [-0.39, 0.29) is 23.7 Å². The van der Waals surface area contributed by atoms with Crippen LogP contribution in [0.5, 0.6) is 0 Å². The van der Waals surface area contributed by atoms with E-state index in [2.05, 4.69) is 34.6 Å². The molecule has 1 aliphatic heterocycles. The number of hydrogen-bond donors (Lipinski definition) is 0. The molecule has 1 saturated heterocycles. The second-order valence-corrected chi connectivity index (χ2v) is 6.52. The maximum Gasteiger partial charge on any atom is 0.461 e. The zero-order valence-electron chi connectivity index (χ0n) is 11.3. The summed E-state index contributed by atoms with van der Waals surface area (Å²) in [6.45, 7) is 11.4. The lowest BCUT2D eigenvalue weighted by molar-refractivity contribution is 0.00578. The van der Waals surface area contributed by atoms with Crippen molar-refractivity contribution >= 4 is 7.12 Å². The first-order chi connectivity index (χ1) is 7.22. The Morgan fingerprint density at radius 2 is 1.62 bits per heavy atom. The van der Waals surface area contributed by atoms with Crippen molar-refractivity contribution in [3.05, 3.63) is 0 Å². The lowest BCUT2D eigenvalue weighted by Crippen LogP contribution is -2.41. The summed E-state index contributed by atoms with van der Waals surface area (Å²) in [6, 6.07) is 0. The summed E-state index contributed by atoms with van der Waals surface area (Å²) in [5, 5.41) is 0. The smallest absolute Gasteiger partial charge is 0.403 e. The van der Waals surface area contributed by atoms with Gasteiger partial charge in [0.2, 0.25) is 0 Å². The number of rotatable bonds is 3. The van der Waals surface area contributed by atoms with Gasteiger partial charge in [-0.25, -0.2) is 0 Å². The molecule has 2 rings (SSSR count). The molecule has 16 heavy (non-hydrogen) atoms. The van der Waals surface area contributed by atoms with Gasteiger partial charge in [-0.05, 0) is 39.5 Å². The van der Waals surface area contributed by atoms with Crippen LogP contribution in [-0.4, -0.2) is 32.0 Å². The van der Waals surface area contributed by atoms with Crippen molar-refractivity contribution in [1.82, 2.24) is 0 Å². The molecule has 0 aromatic heterocycles. The van der Waals surface area contributed by atoms with E-state index in [1.807, 2.05) is 0 Å². The van der Waals surface area contributed by atoms with E-state index in [0.29, 0.717) is 5.82 Å². The first-order valence-electron chi connectivity index (χ1n) is 6.06. The lowest BCUT2D eigenvalue weighted by atomic mass is 9.77. The molecule has 0 amide bonds. The molecule has 3 nitrogen and oxygen atoms in total. The Hall–Kier alpha value is -0.0551. The normalized spacial score (nSPS) is 40.1. The van der Waals surface area contributed by atoms with Gasteiger partial charge in [0, 0.05) is 12.9 Å². The van der Waals surface area contributed by atoms with Crippen LogP contribution in [0.3, 0.4) is 0 Å². The summed E-state index contributed by atoms with van der Waals surface area (Å²) >= 11 is 0. The number of hydrogen-bond acceptors (Lipinski definition) is 3. The molecule has 2 atom stereocenters. The minimum absolute atomic E-state index is 0.0647. The third kappa shape index (κ3) is 1.81. The van der Waals surface area contributed by atoms with Crippen LogP contribution in [0.2, 0.25) is 5.82 Å². The van der Waals surface area contributed by atoms with Crippen LogP contribution >= 0.6 is 0 Å². The van der Waals surface area contributed by atoms with Crippen molar-refractivity contribution in [2.45, 2.75) is 58.1 Å². The van der Waals surface area contributed by atoms with Crippen molar-refractivity contribution in [3.63, 3.8) is 0 Å². The van der Waals surface area contributed by atoms with E-state index in [1.165, 1.54) is 0 Å². The molecular formula is C12H23BO3. The van der Waals surface area contributed by atoms with Crippen LogP contribution in [0.4, 0.5) is 0 Å². The molecular weight excluding hydrogens is 203 g/mol. The van der Waals surface area contributed by atoms with E-state index in [4.69, 9.17) is 14.0 Å². The van der Waals surface area contributed by atoms with Gasteiger partial charge in [0.25, 0.3) is 0 Å². The molecule has 4 heteroatoms. The molecule has 1 saturated carbocycles. The molecule has 0 bridgehead atoms. The van der Waals surface area contributed by atoms with Crippen LogP contribution in [0, 0.1) is 5.41 Å². The first-order valence-corrected chi connectivity index (χ1v) is 6.06. The lowest BCUT2D eigenvalue weighted by Gasteiger charge is -2.32. The van der Waals surface area contributed by atoms with Crippen LogP contribution in [-0.2, 0) is 14.0 Å². The van der Waals surface area contributed by atoms with Crippen molar-refractivity contribution in [2.24, 2.45) is 5.41 Å². The Morgan fingerprint density at radius 1 is 1.12 bits per heavy atom. The Kier molecular flexibility index (Phi) is 2.69. The highest BCUT2D eigenvalue weighted by Crippen LogP contribution is 2.62. The van der Waals surface area contributed by atoms with Crippen molar-refractivity contribution in [2.75, 3.05) is 13.7 Å². The minimum atomic E-state index is -0.214. The Morgan fingerprint density at radius 3 is 2.06 bits per heavy atom. The zero-order chi connectivity index (χ0) is 12.2. The SMILES string of the molecule is COC[C@]1(C)C[C@@H]1B1OC(C)(C)C(C)(C)O1. The van der Waals surface area contributed by atoms with Gasteiger partial charge in [-0.15, -0.1) is 0 Å². The highest BCUT2D eigenvalue weighted by atomic mass is 16.7. The van der Waals surface area contributed by atoms with Crippen LogP contribution in [0.15, 0.2) is 0 Å². The summed E-state index contributed by atoms with van der Waals surface area (Å²) in [4.78, 5) is 0. The van der Waals surface area contributed by atoms with E-state index in [1.54, 1.807) is 7.11 Å². The first kappa shape index (κ1) is 12.4. The predicted octanol–water partition coefficient (Wildman–Crippen LogP) is 2.51. The van der Waals surface area contributed by atoms with Gasteiger partial charge >= 0.3 is 7.12 Å². The highest BCUT2D eigenvalue weighted by molar-refractivity contribution is 6.49. The Bertz CT molecular complexity index is 274. The average molecular weight is 226 g/mol. The van der Waals surface area contributed by atoms with Gasteiger partial charge in [0.1, 0.15) is 0 Å². The molecule has 0 radical (unpaired) electrons. The second kappa shape index (κ2) is 3.47. The van der Waals surface area contributed by atoms with Gasteiger partial charge in [0.05, 0.1) is 17.8 Å². The molecule has 0 spiro atoms. The van der Waals surface area contributed by atoms with Crippen LogP contribution in [0.1, 0.15) is 41.0 Å². The Balaban J connectivity index is 2.01. The molecule has 1 heterocycles. The summed E-state index contributed by atoms with van der Waals surface area (Å²) in [5.74, 6) is 0.480. The third-order valence-electron chi connectivity index (χ3n) is 4.50. The second-order valence-electron chi connectivity index (χ2n) is 6.52. The van der Waals surface area contributed by atoms with Gasteiger partial charge in [-0.1, -0.05) is 6.92 Å². The monoisotopic (exact) mass is 226 g/mol. The average Bonchev–Trinajstić information content (AvgIpc) is 2.69. The van der Waals surface area contributed by atoms with Crippen molar-refractivity contribution in [1.29, 1.82) is 0 Å². The topological polar surface area (TPSA) is 27.7 Å². The van der Waals surface area contributed by atoms with Crippen molar-refractivity contribution < 1.29 is 14.0 Å².